The number of aliphatic carboxylic acids is 1. The molecule has 1 aliphatic carbocycles. The van der Waals surface area contributed by atoms with Crippen molar-refractivity contribution in [3.8, 4) is 0 Å². The summed E-state index contributed by atoms with van der Waals surface area (Å²) in [7, 11) is 0. The van der Waals surface area contributed by atoms with Crippen LogP contribution < -0.4 is 5.32 Å². The second kappa shape index (κ2) is 8.16. The lowest BCUT2D eigenvalue weighted by atomic mass is 9.85. The first-order valence-electron chi connectivity index (χ1n) is 8.71. The molecule has 2 N–H and O–H groups in total. The highest BCUT2D eigenvalue weighted by Gasteiger charge is 2.36. The number of likely N-dealkylation sites (N-methyl/N-ethyl adjacent to an activating group) is 1. The lowest BCUT2D eigenvalue weighted by Gasteiger charge is -2.43. The predicted molar refractivity (Wildman–Crippen MR) is 94.8 cm³/mol. The van der Waals surface area contributed by atoms with Gasteiger partial charge in [-0.1, -0.05) is 6.92 Å². The number of nitrogens with zero attached hydrogens (tertiary/aromatic N) is 2. The maximum absolute atomic E-state index is 12.5. The number of carboxylic acid groups (broad SMARTS) is 1. The Balaban J connectivity index is 1.45. The molecule has 25 heavy (non-hydrogen) atoms. The first kappa shape index (κ1) is 18.2. The average molecular weight is 367 g/mol. The van der Waals surface area contributed by atoms with E-state index in [0.29, 0.717) is 26.2 Å². The molecule has 3 rings (SSSR count). The minimum Gasteiger partial charge on any atom is -0.480 e. The van der Waals surface area contributed by atoms with E-state index >= 15 is 0 Å². The van der Waals surface area contributed by atoms with Gasteiger partial charge in [0.05, 0.1) is 19.7 Å². The number of morpholine rings is 1. The fraction of sp³-hybridized carbons (Fsp3) is 0.647. The van der Waals surface area contributed by atoms with Gasteiger partial charge in [0.1, 0.15) is 6.10 Å². The number of carbonyl (C=O) groups excluding carboxylic acids is 1. The highest BCUT2D eigenvalue weighted by atomic mass is 32.1. The summed E-state index contributed by atoms with van der Waals surface area (Å²) in [6.07, 6.45) is 1.57. The van der Waals surface area contributed by atoms with Crippen LogP contribution in [0.3, 0.4) is 0 Å². The summed E-state index contributed by atoms with van der Waals surface area (Å²) in [5, 5.41) is 16.1. The molecule has 138 valence electrons. The van der Waals surface area contributed by atoms with Crippen LogP contribution in [-0.2, 0) is 9.53 Å². The molecule has 0 bridgehead atoms. The molecule has 7 nitrogen and oxygen atoms in total. The molecule has 2 amide bonds. The van der Waals surface area contributed by atoms with Crippen LogP contribution >= 0.6 is 11.3 Å². The Morgan fingerprint density at radius 1 is 1.48 bits per heavy atom. The average Bonchev–Trinajstić information content (AvgIpc) is 3.10. The molecule has 1 aliphatic heterocycles. The van der Waals surface area contributed by atoms with Gasteiger partial charge in [-0.25, -0.2) is 4.79 Å². The third-order valence-corrected chi connectivity index (χ3v) is 5.67. The molecule has 2 heterocycles. The Morgan fingerprint density at radius 3 is 2.92 bits per heavy atom. The number of hydrogen-bond acceptors (Lipinski definition) is 5. The van der Waals surface area contributed by atoms with E-state index in [1.165, 1.54) is 0 Å². The molecule has 0 radical (unpaired) electrons. The van der Waals surface area contributed by atoms with E-state index in [2.05, 4.69) is 10.7 Å². The van der Waals surface area contributed by atoms with Crippen molar-refractivity contribution >= 4 is 23.3 Å². The fourth-order valence-electron chi connectivity index (χ4n) is 3.44. The van der Waals surface area contributed by atoms with Gasteiger partial charge in [0.15, 0.2) is 0 Å². The van der Waals surface area contributed by atoms with Gasteiger partial charge in [-0.05, 0) is 41.8 Å². The minimum atomic E-state index is -0.804. The van der Waals surface area contributed by atoms with E-state index in [9.17, 15) is 9.59 Å². The summed E-state index contributed by atoms with van der Waals surface area (Å²) in [5.74, 6) is -0.804. The lowest BCUT2D eigenvalue weighted by molar-refractivity contribution is -0.139. The van der Waals surface area contributed by atoms with Crippen LogP contribution in [0.1, 0.15) is 31.4 Å². The highest BCUT2D eigenvalue weighted by molar-refractivity contribution is 7.07. The zero-order valence-electron chi connectivity index (χ0n) is 14.4. The number of nitrogens with one attached hydrogen (secondary N) is 1. The molecule has 8 heteroatoms. The molecule has 1 saturated heterocycles. The van der Waals surface area contributed by atoms with E-state index in [0.717, 1.165) is 18.4 Å². The van der Waals surface area contributed by atoms with Crippen LogP contribution in [-0.4, -0.2) is 71.8 Å². The van der Waals surface area contributed by atoms with Crippen molar-refractivity contribution in [2.45, 2.75) is 38.0 Å². The topological polar surface area (TPSA) is 82.1 Å². The molecule has 2 aliphatic rings. The molecule has 0 aromatic carbocycles. The van der Waals surface area contributed by atoms with Gasteiger partial charge in [0, 0.05) is 18.6 Å². The van der Waals surface area contributed by atoms with E-state index in [1.807, 2.05) is 28.2 Å². The van der Waals surface area contributed by atoms with Crippen molar-refractivity contribution in [1.29, 1.82) is 0 Å². The summed E-state index contributed by atoms with van der Waals surface area (Å²) in [4.78, 5) is 27.1. The van der Waals surface area contributed by atoms with Crippen molar-refractivity contribution in [3.05, 3.63) is 22.4 Å². The number of amides is 2. The largest absolute Gasteiger partial charge is 0.480 e. The molecule has 1 atom stereocenters. The molecule has 1 aromatic rings. The third kappa shape index (κ3) is 4.50. The highest BCUT2D eigenvalue weighted by Crippen LogP contribution is 2.27. The monoisotopic (exact) mass is 367 g/mol. The summed E-state index contributed by atoms with van der Waals surface area (Å²) in [5.41, 5.74) is 1.12. The van der Waals surface area contributed by atoms with Gasteiger partial charge >= 0.3 is 12.0 Å². The normalized spacial score (nSPS) is 26.3. The third-order valence-electron chi connectivity index (χ3n) is 4.97. The zero-order valence-corrected chi connectivity index (χ0v) is 15.2. The maximum Gasteiger partial charge on any atom is 0.317 e. The number of ether oxygens (including phenoxy) is 1. The second-order valence-electron chi connectivity index (χ2n) is 6.59. The fourth-order valence-corrected chi connectivity index (χ4v) is 4.14. The molecular weight excluding hydrogens is 342 g/mol. The Morgan fingerprint density at radius 2 is 2.28 bits per heavy atom. The van der Waals surface area contributed by atoms with Crippen LogP contribution in [0.4, 0.5) is 4.79 Å². The Kier molecular flexibility index (Phi) is 5.93. The van der Waals surface area contributed by atoms with Gasteiger partial charge < -0.3 is 20.1 Å². The smallest absolute Gasteiger partial charge is 0.317 e. The minimum absolute atomic E-state index is 0.0479. The van der Waals surface area contributed by atoms with Crippen molar-refractivity contribution in [3.63, 3.8) is 0 Å². The molecule has 2 fully saturated rings. The second-order valence-corrected chi connectivity index (χ2v) is 7.37. The molecule has 1 unspecified atom stereocenters. The maximum atomic E-state index is 12.5. The van der Waals surface area contributed by atoms with Gasteiger partial charge in [0.2, 0.25) is 0 Å². The Hall–Kier alpha value is -1.64. The van der Waals surface area contributed by atoms with Gasteiger partial charge in [0.25, 0.3) is 0 Å². The molecular formula is C17H25N3O4S. The van der Waals surface area contributed by atoms with E-state index in [-0.39, 0.29) is 30.8 Å². The van der Waals surface area contributed by atoms with Crippen LogP contribution in [0.2, 0.25) is 0 Å². The molecule has 1 saturated carbocycles. The summed E-state index contributed by atoms with van der Waals surface area (Å²) >= 11 is 1.63. The number of thiophene rings is 1. The van der Waals surface area contributed by atoms with E-state index in [4.69, 9.17) is 9.84 Å². The number of hydrogen-bond donors (Lipinski definition) is 2. The van der Waals surface area contributed by atoms with Crippen molar-refractivity contribution in [2.24, 2.45) is 0 Å². The number of carbonyl (C=O) groups is 2. The standard InChI is InChI=1S/C17H25N3O4S/c1-2-19(10-16(21)22)14-7-13(8-14)18-17(23)20-4-5-24-15(9-20)12-3-6-25-11-12/h3,6,11,13-15H,2,4-5,7-10H2,1H3,(H,18,23)(H,21,22). The number of carboxylic acids is 1. The van der Waals surface area contributed by atoms with Gasteiger partial charge in [-0.15, -0.1) is 0 Å². The predicted octanol–water partition coefficient (Wildman–Crippen LogP) is 1.77. The quantitative estimate of drug-likeness (QED) is 0.801. The zero-order chi connectivity index (χ0) is 17.8. The van der Waals surface area contributed by atoms with Crippen LogP contribution in [0, 0.1) is 0 Å². The Bertz CT molecular complexity index is 589. The van der Waals surface area contributed by atoms with E-state index < -0.39 is 5.97 Å². The first-order valence-corrected chi connectivity index (χ1v) is 9.66. The summed E-state index contributed by atoms with van der Waals surface area (Å²) in [6, 6.07) is 2.36. The number of rotatable bonds is 6. The molecule has 1 aromatic heterocycles. The van der Waals surface area contributed by atoms with Crippen molar-refractivity contribution < 1.29 is 19.4 Å². The number of urea groups is 1. The first-order chi connectivity index (χ1) is 12.1. The lowest BCUT2D eigenvalue weighted by Crippen LogP contribution is -2.57. The van der Waals surface area contributed by atoms with Crippen molar-refractivity contribution in [1.82, 2.24) is 15.1 Å². The van der Waals surface area contributed by atoms with E-state index in [1.54, 1.807) is 11.3 Å². The SMILES string of the molecule is CCN(CC(=O)O)C1CC(NC(=O)N2CCOC(c3ccsc3)C2)C1. The van der Waals surface area contributed by atoms with Crippen LogP contribution in [0.5, 0.6) is 0 Å². The Labute approximate surface area is 151 Å². The van der Waals surface area contributed by atoms with Crippen LogP contribution in [0.15, 0.2) is 16.8 Å². The van der Waals surface area contributed by atoms with Crippen molar-refractivity contribution in [2.75, 3.05) is 32.8 Å². The summed E-state index contributed by atoms with van der Waals surface area (Å²) in [6.45, 7) is 4.45. The van der Waals surface area contributed by atoms with Gasteiger partial charge in [-0.3, -0.25) is 9.69 Å². The van der Waals surface area contributed by atoms with Gasteiger partial charge in [-0.2, -0.15) is 11.3 Å². The summed E-state index contributed by atoms with van der Waals surface area (Å²) < 4.78 is 5.77. The molecule has 0 spiro atoms. The van der Waals surface area contributed by atoms with Crippen LogP contribution in [0.25, 0.3) is 0 Å².